The van der Waals surface area contributed by atoms with Crippen molar-refractivity contribution in [2.45, 2.75) is 50.8 Å². The fraction of sp³-hybridized carbons (Fsp3) is 0.321. The van der Waals surface area contributed by atoms with E-state index in [1.165, 1.54) is 19.2 Å². The summed E-state index contributed by atoms with van der Waals surface area (Å²) in [6.07, 6.45) is 9.21. The van der Waals surface area contributed by atoms with Crippen molar-refractivity contribution in [2.24, 2.45) is 0 Å². The summed E-state index contributed by atoms with van der Waals surface area (Å²) >= 11 is 0. The van der Waals surface area contributed by atoms with Gasteiger partial charge in [-0.05, 0) is 62.4 Å². The maximum Gasteiger partial charge on any atom is 0.224 e. The van der Waals surface area contributed by atoms with Crippen molar-refractivity contribution in [3.05, 3.63) is 60.9 Å². The number of methoxy groups -OCH3 is 1. The van der Waals surface area contributed by atoms with Gasteiger partial charge in [-0.15, -0.1) is 0 Å². The first-order valence-electron chi connectivity index (χ1n) is 13.1. The number of hydrogen-bond acceptors (Lipinski definition) is 10. The molecule has 0 radical (unpaired) electrons. The first kappa shape index (κ1) is 23.6. The number of aromatic nitrogens is 6. The van der Waals surface area contributed by atoms with Crippen LogP contribution in [0.5, 0.6) is 23.1 Å². The summed E-state index contributed by atoms with van der Waals surface area (Å²) in [4.78, 5) is 17.5. The molecule has 3 aromatic heterocycles. The van der Waals surface area contributed by atoms with E-state index < -0.39 is 0 Å². The third-order valence-electron chi connectivity index (χ3n) is 7.44. The van der Waals surface area contributed by atoms with E-state index in [4.69, 9.17) is 14.2 Å². The van der Waals surface area contributed by atoms with Crippen LogP contribution in [-0.4, -0.2) is 54.8 Å². The summed E-state index contributed by atoms with van der Waals surface area (Å²) in [6, 6.07) is 12.6. The molecule has 39 heavy (non-hydrogen) atoms. The van der Waals surface area contributed by atoms with Gasteiger partial charge in [0.25, 0.3) is 0 Å². The normalized spacial score (nSPS) is 20.3. The molecule has 2 aliphatic rings. The Labute approximate surface area is 224 Å². The van der Waals surface area contributed by atoms with Crippen molar-refractivity contribution in [3.63, 3.8) is 0 Å². The minimum absolute atomic E-state index is 0.159. The molecule has 2 bridgehead atoms. The predicted molar refractivity (Wildman–Crippen MR) is 145 cm³/mol. The van der Waals surface area contributed by atoms with Crippen molar-refractivity contribution in [1.29, 1.82) is 0 Å². The van der Waals surface area contributed by atoms with Gasteiger partial charge in [-0.25, -0.2) is 24.5 Å². The van der Waals surface area contributed by atoms with Crippen LogP contribution < -0.4 is 24.8 Å². The number of benzene rings is 2. The van der Waals surface area contributed by atoms with Crippen molar-refractivity contribution < 1.29 is 14.2 Å². The Kier molecular flexibility index (Phi) is 5.85. The molecule has 2 fully saturated rings. The summed E-state index contributed by atoms with van der Waals surface area (Å²) in [5, 5.41) is 12.0. The van der Waals surface area contributed by atoms with E-state index >= 15 is 0 Å². The molecule has 0 saturated carbocycles. The molecule has 5 aromatic rings. The lowest BCUT2D eigenvalue weighted by Gasteiger charge is -2.30. The highest BCUT2D eigenvalue weighted by molar-refractivity contribution is 5.93. The van der Waals surface area contributed by atoms with Crippen molar-refractivity contribution >= 4 is 28.1 Å². The van der Waals surface area contributed by atoms with Crippen LogP contribution in [0.4, 0.5) is 11.5 Å². The zero-order chi connectivity index (χ0) is 26.3. The van der Waals surface area contributed by atoms with Crippen molar-refractivity contribution in [3.8, 4) is 23.1 Å². The average Bonchev–Trinajstić information content (AvgIpc) is 3.55. The summed E-state index contributed by atoms with van der Waals surface area (Å²) < 4.78 is 19.8. The van der Waals surface area contributed by atoms with E-state index in [1.807, 2.05) is 37.3 Å². The zero-order valence-electron chi connectivity index (χ0n) is 21.7. The highest BCUT2D eigenvalue weighted by atomic mass is 16.5. The van der Waals surface area contributed by atoms with Crippen LogP contribution in [-0.2, 0) is 0 Å². The Morgan fingerprint density at radius 3 is 2.62 bits per heavy atom. The second-order valence-electron chi connectivity index (χ2n) is 10.1. The monoisotopic (exact) mass is 524 g/mol. The summed E-state index contributed by atoms with van der Waals surface area (Å²) in [5.74, 6) is 3.22. The minimum atomic E-state index is 0.159. The second-order valence-corrected chi connectivity index (χ2v) is 10.1. The molecule has 1 unspecified atom stereocenters. The highest BCUT2D eigenvalue weighted by Gasteiger charge is 2.35. The Hall–Kier alpha value is -4.51. The van der Waals surface area contributed by atoms with Gasteiger partial charge in [0.1, 0.15) is 36.7 Å². The molecule has 7 rings (SSSR count). The second kappa shape index (κ2) is 9.66. The van der Waals surface area contributed by atoms with Gasteiger partial charge in [0.2, 0.25) is 5.88 Å². The van der Waals surface area contributed by atoms with E-state index in [1.54, 1.807) is 30.3 Å². The van der Waals surface area contributed by atoms with Gasteiger partial charge in [0.05, 0.1) is 12.6 Å². The van der Waals surface area contributed by atoms with Gasteiger partial charge in [-0.3, -0.25) is 0 Å². The molecule has 11 heteroatoms. The Morgan fingerprint density at radius 2 is 1.79 bits per heavy atom. The van der Waals surface area contributed by atoms with Crippen molar-refractivity contribution in [1.82, 2.24) is 34.9 Å². The number of nitrogens with one attached hydrogen (secondary N) is 2. The topological polar surface area (TPSA) is 121 Å². The molecule has 11 nitrogen and oxygen atoms in total. The van der Waals surface area contributed by atoms with E-state index in [-0.39, 0.29) is 6.10 Å². The SMILES string of the molecule is COc1cc2ncnc(Nc3ccc(Oc4cc5ncnn5cn4)c(C)c3)c2cc1OC1C[C@H]2CC[C@@H](C1)N2. The van der Waals surface area contributed by atoms with E-state index in [0.717, 1.165) is 35.0 Å². The fourth-order valence-corrected chi connectivity index (χ4v) is 5.55. The highest BCUT2D eigenvalue weighted by Crippen LogP contribution is 2.38. The molecular weight excluding hydrogens is 496 g/mol. The van der Waals surface area contributed by atoms with Gasteiger partial charge in [0, 0.05) is 35.3 Å². The predicted octanol–water partition coefficient (Wildman–Crippen LogP) is 4.58. The number of nitrogens with zero attached hydrogens (tertiary/aromatic N) is 6. The maximum absolute atomic E-state index is 6.50. The molecule has 2 aliphatic heterocycles. The van der Waals surface area contributed by atoms with Gasteiger partial charge >= 0.3 is 0 Å². The Morgan fingerprint density at radius 1 is 0.923 bits per heavy atom. The van der Waals surface area contributed by atoms with E-state index in [0.29, 0.717) is 46.7 Å². The minimum Gasteiger partial charge on any atom is -0.493 e. The number of piperidine rings is 1. The van der Waals surface area contributed by atoms with Crippen LogP contribution in [0.3, 0.4) is 0 Å². The number of anilines is 2. The standard InChI is InChI=1S/C28H28N8O3/c1-16-7-17(5-6-23(16)39-27-12-26-30-14-33-36(26)15-32-27)35-28-21-10-25(24(37-2)11-22(21)29-13-31-28)38-20-8-18-3-4-19(9-20)34-18/h5-7,10-15,18-20,34H,3-4,8-9H2,1-2H3,(H,29,31,35)/t18-,19+,20?. The molecule has 0 aliphatic carbocycles. The smallest absolute Gasteiger partial charge is 0.224 e. The van der Waals surface area contributed by atoms with Crippen LogP contribution in [0.15, 0.2) is 55.4 Å². The van der Waals surface area contributed by atoms with Gasteiger partial charge in [-0.2, -0.15) is 5.10 Å². The van der Waals surface area contributed by atoms with Crippen LogP contribution in [0, 0.1) is 6.92 Å². The lowest BCUT2D eigenvalue weighted by Crippen LogP contribution is -2.42. The molecule has 2 aromatic carbocycles. The number of rotatable bonds is 7. The average molecular weight is 525 g/mol. The van der Waals surface area contributed by atoms with Crippen LogP contribution >= 0.6 is 0 Å². The summed E-state index contributed by atoms with van der Waals surface area (Å²) in [6.45, 7) is 1.98. The summed E-state index contributed by atoms with van der Waals surface area (Å²) in [5.41, 5.74) is 3.24. The largest absolute Gasteiger partial charge is 0.493 e. The molecule has 5 heterocycles. The molecule has 2 N–H and O–H groups in total. The number of hydrogen-bond donors (Lipinski definition) is 2. The first-order valence-corrected chi connectivity index (χ1v) is 13.1. The molecular formula is C28H28N8O3. The van der Waals surface area contributed by atoms with Crippen molar-refractivity contribution in [2.75, 3.05) is 12.4 Å². The molecule has 2 saturated heterocycles. The molecule has 0 amide bonds. The number of ether oxygens (including phenoxy) is 3. The van der Waals surface area contributed by atoms with Gasteiger partial charge in [0.15, 0.2) is 17.1 Å². The molecule has 3 atom stereocenters. The Balaban J connectivity index is 1.14. The third-order valence-corrected chi connectivity index (χ3v) is 7.44. The van der Waals surface area contributed by atoms with Crippen LogP contribution in [0.1, 0.15) is 31.2 Å². The lowest BCUT2D eigenvalue weighted by molar-refractivity contribution is 0.133. The summed E-state index contributed by atoms with van der Waals surface area (Å²) in [7, 11) is 1.66. The van der Waals surface area contributed by atoms with Gasteiger partial charge in [-0.1, -0.05) is 0 Å². The van der Waals surface area contributed by atoms with Gasteiger partial charge < -0.3 is 24.8 Å². The van der Waals surface area contributed by atoms with E-state index in [2.05, 4.69) is 35.7 Å². The van der Waals surface area contributed by atoms with E-state index in [9.17, 15) is 0 Å². The molecule has 0 spiro atoms. The number of aryl methyl sites for hydroxylation is 1. The van der Waals surface area contributed by atoms with Crippen LogP contribution in [0.2, 0.25) is 0 Å². The first-order chi connectivity index (χ1) is 19.1. The fourth-order valence-electron chi connectivity index (χ4n) is 5.55. The quantitative estimate of drug-likeness (QED) is 0.313. The lowest BCUT2D eigenvalue weighted by atomic mass is 10.0. The Bertz CT molecular complexity index is 1660. The third kappa shape index (κ3) is 4.65. The maximum atomic E-state index is 6.50. The number of fused-ring (bicyclic) bond motifs is 4. The zero-order valence-corrected chi connectivity index (χ0v) is 21.7. The van der Waals surface area contributed by atoms with Crippen LogP contribution in [0.25, 0.3) is 16.6 Å². The molecule has 198 valence electrons.